The normalized spacial score (nSPS) is 16.4. The number of benzene rings is 1. The van der Waals surface area contributed by atoms with E-state index in [1.165, 1.54) is 14.2 Å². The third-order valence-corrected chi connectivity index (χ3v) is 3.25. The second-order valence-electron chi connectivity index (χ2n) is 4.41. The molecule has 19 heavy (non-hydrogen) atoms. The Morgan fingerprint density at radius 2 is 1.89 bits per heavy atom. The van der Waals surface area contributed by atoms with Gasteiger partial charge in [0.15, 0.2) is 23.1 Å². The van der Waals surface area contributed by atoms with Gasteiger partial charge >= 0.3 is 0 Å². The largest absolute Gasteiger partial charge is 0.493 e. The second-order valence-corrected chi connectivity index (χ2v) is 4.41. The minimum Gasteiger partial charge on any atom is -0.493 e. The topological polar surface area (TPSA) is 33.7 Å². The van der Waals surface area contributed by atoms with Crippen LogP contribution >= 0.6 is 0 Å². The standard InChI is InChI=1S/C13H18F2N2O2/c1-18-11-7-10(14)12(15)9(13(11)19-2)8-17-5-3-16-4-6-17/h7,16H,3-6,8H2,1-2H3. The van der Waals surface area contributed by atoms with Gasteiger partial charge in [-0.3, -0.25) is 4.90 Å². The molecular formula is C13H18F2N2O2. The van der Waals surface area contributed by atoms with E-state index in [-0.39, 0.29) is 17.1 Å². The maximum absolute atomic E-state index is 14.0. The van der Waals surface area contributed by atoms with Crippen LogP contribution in [0.5, 0.6) is 11.5 Å². The maximum atomic E-state index is 14.0. The lowest BCUT2D eigenvalue weighted by molar-refractivity contribution is 0.224. The Bertz CT molecular complexity index is 449. The molecule has 0 unspecified atom stereocenters. The molecule has 0 radical (unpaired) electrons. The monoisotopic (exact) mass is 272 g/mol. The molecule has 1 aliphatic rings. The highest BCUT2D eigenvalue weighted by atomic mass is 19.2. The third-order valence-electron chi connectivity index (χ3n) is 3.25. The fourth-order valence-electron chi connectivity index (χ4n) is 2.25. The summed E-state index contributed by atoms with van der Waals surface area (Å²) in [6.07, 6.45) is 0. The molecule has 0 aromatic heterocycles. The van der Waals surface area contributed by atoms with Crippen molar-refractivity contribution in [3.63, 3.8) is 0 Å². The highest BCUT2D eigenvalue weighted by Gasteiger charge is 2.22. The van der Waals surface area contributed by atoms with Crippen molar-refractivity contribution in [3.8, 4) is 11.5 Å². The van der Waals surface area contributed by atoms with Gasteiger partial charge in [-0.15, -0.1) is 0 Å². The van der Waals surface area contributed by atoms with Gasteiger partial charge in [0.1, 0.15) is 0 Å². The summed E-state index contributed by atoms with van der Waals surface area (Å²) in [4.78, 5) is 2.05. The summed E-state index contributed by atoms with van der Waals surface area (Å²) >= 11 is 0. The van der Waals surface area contributed by atoms with E-state index in [2.05, 4.69) is 10.2 Å². The predicted molar refractivity (Wildman–Crippen MR) is 67.6 cm³/mol. The summed E-state index contributed by atoms with van der Waals surface area (Å²) in [5.74, 6) is -1.30. The second kappa shape index (κ2) is 6.16. The molecule has 1 N–H and O–H groups in total. The van der Waals surface area contributed by atoms with Gasteiger partial charge in [-0.25, -0.2) is 8.78 Å². The van der Waals surface area contributed by atoms with Gasteiger partial charge in [0, 0.05) is 38.8 Å². The molecule has 0 amide bonds. The van der Waals surface area contributed by atoms with Gasteiger partial charge in [0.25, 0.3) is 0 Å². The summed E-state index contributed by atoms with van der Waals surface area (Å²) in [5.41, 5.74) is 0.209. The number of halogens is 2. The number of methoxy groups -OCH3 is 2. The van der Waals surface area contributed by atoms with Crippen molar-refractivity contribution in [1.82, 2.24) is 10.2 Å². The molecule has 1 aromatic rings. The number of rotatable bonds is 4. The molecule has 0 atom stereocenters. The van der Waals surface area contributed by atoms with Crippen molar-refractivity contribution in [2.45, 2.75) is 6.54 Å². The highest BCUT2D eigenvalue weighted by molar-refractivity contribution is 5.48. The molecule has 1 saturated heterocycles. The van der Waals surface area contributed by atoms with Crippen molar-refractivity contribution in [2.75, 3.05) is 40.4 Å². The first-order valence-corrected chi connectivity index (χ1v) is 6.19. The molecule has 1 aliphatic heterocycles. The average molecular weight is 272 g/mol. The van der Waals surface area contributed by atoms with Gasteiger partial charge in [-0.05, 0) is 0 Å². The van der Waals surface area contributed by atoms with Crippen molar-refractivity contribution >= 4 is 0 Å². The number of nitrogens with zero attached hydrogens (tertiary/aromatic N) is 1. The number of piperazine rings is 1. The van der Waals surface area contributed by atoms with Gasteiger partial charge in [-0.2, -0.15) is 0 Å². The minimum absolute atomic E-state index is 0.209. The zero-order chi connectivity index (χ0) is 13.8. The third kappa shape index (κ3) is 2.96. The summed E-state index contributed by atoms with van der Waals surface area (Å²) in [6, 6.07) is 1.01. The number of ether oxygens (including phenoxy) is 2. The molecule has 0 bridgehead atoms. The van der Waals surface area contributed by atoms with E-state index >= 15 is 0 Å². The lowest BCUT2D eigenvalue weighted by atomic mass is 10.1. The first-order chi connectivity index (χ1) is 9.17. The quantitative estimate of drug-likeness (QED) is 0.898. The molecule has 4 nitrogen and oxygen atoms in total. The zero-order valence-electron chi connectivity index (χ0n) is 11.1. The smallest absolute Gasteiger partial charge is 0.168 e. The SMILES string of the molecule is COc1cc(F)c(F)c(CN2CCNCC2)c1OC. The predicted octanol–water partition coefficient (Wildman–Crippen LogP) is 1.39. The van der Waals surface area contributed by atoms with E-state index < -0.39 is 11.6 Å². The molecule has 1 aromatic carbocycles. The van der Waals surface area contributed by atoms with E-state index in [0.717, 1.165) is 32.2 Å². The summed E-state index contributed by atoms with van der Waals surface area (Å²) in [6.45, 7) is 3.58. The lowest BCUT2D eigenvalue weighted by Gasteiger charge is -2.28. The fourth-order valence-corrected chi connectivity index (χ4v) is 2.25. The van der Waals surface area contributed by atoms with Crippen molar-refractivity contribution in [1.29, 1.82) is 0 Å². The molecular weight excluding hydrogens is 254 g/mol. The van der Waals surface area contributed by atoms with E-state index in [4.69, 9.17) is 9.47 Å². The van der Waals surface area contributed by atoms with Gasteiger partial charge < -0.3 is 14.8 Å². The van der Waals surface area contributed by atoms with Crippen molar-refractivity contribution < 1.29 is 18.3 Å². The molecule has 0 aliphatic carbocycles. The van der Waals surface area contributed by atoms with Gasteiger partial charge in [0.05, 0.1) is 19.8 Å². The van der Waals surface area contributed by atoms with Crippen LogP contribution in [0.25, 0.3) is 0 Å². The Hall–Kier alpha value is -1.40. The fraction of sp³-hybridized carbons (Fsp3) is 0.538. The first-order valence-electron chi connectivity index (χ1n) is 6.19. The average Bonchev–Trinajstić information content (AvgIpc) is 2.44. The van der Waals surface area contributed by atoms with Crippen molar-refractivity contribution in [3.05, 3.63) is 23.3 Å². The van der Waals surface area contributed by atoms with Gasteiger partial charge in [0.2, 0.25) is 0 Å². The molecule has 0 spiro atoms. The number of hydrogen-bond acceptors (Lipinski definition) is 4. The van der Waals surface area contributed by atoms with E-state index in [9.17, 15) is 8.78 Å². The Kier molecular flexibility index (Phi) is 4.55. The minimum atomic E-state index is -0.914. The van der Waals surface area contributed by atoms with Crippen LogP contribution in [0, 0.1) is 11.6 Å². The molecule has 0 saturated carbocycles. The van der Waals surface area contributed by atoms with Crippen LogP contribution in [0.2, 0.25) is 0 Å². The lowest BCUT2D eigenvalue weighted by Crippen LogP contribution is -2.43. The summed E-state index contributed by atoms with van der Waals surface area (Å²) in [5, 5.41) is 3.21. The van der Waals surface area contributed by atoms with Crippen LogP contribution in [0.15, 0.2) is 6.07 Å². The molecule has 106 valence electrons. The van der Waals surface area contributed by atoms with E-state index in [1.54, 1.807) is 0 Å². The van der Waals surface area contributed by atoms with E-state index in [1.807, 2.05) is 0 Å². The molecule has 2 rings (SSSR count). The molecule has 1 fully saturated rings. The first kappa shape index (κ1) is 14.0. The number of hydrogen-bond donors (Lipinski definition) is 1. The van der Waals surface area contributed by atoms with Crippen LogP contribution < -0.4 is 14.8 Å². The van der Waals surface area contributed by atoms with Crippen LogP contribution in [-0.4, -0.2) is 45.3 Å². The molecule has 1 heterocycles. The van der Waals surface area contributed by atoms with Crippen LogP contribution in [0.4, 0.5) is 8.78 Å². The Morgan fingerprint density at radius 3 is 2.47 bits per heavy atom. The van der Waals surface area contributed by atoms with Crippen LogP contribution in [0.1, 0.15) is 5.56 Å². The number of nitrogens with one attached hydrogen (secondary N) is 1. The van der Waals surface area contributed by atoms with Crippen LogP contribution in [0.3, 0.4) is 0 Å². The molecule has 6 heteroatoms. The van der Waals surface area contributed by atoms with Gasteiger partial charge in [-0.1, -0.05) is 0 Å². The maximum Gasteiger partial charge on any atom is 0.168 e. The highest BCUT2D eigenvalue weighted by Crippen LogP contribution is 2.35. The Balaban J connectivity index is 2.33. The Labute approximate surface area is 111 Å². The zero-order valence-corrected chi connectivity index (χ0v) is 11.1. The Morgan fingerprint density at radius 1 is 1.21 bits per heavy atom. The van der Waals surface area contributed by atoms with Crippen LogP contribution in [-0.2, 0) is 6.54 Å². The summed E-state index contributed by atoms with van der Waals surface area (Å²) < 4.78 is 37.7. The van der Waals surface area contributed by atoms with E-state index in [0.29, 0.717) is 6.54 Å². The van der Waals surface area contributed by atoms with Crippen molar-refractivity contribution in [2.24, 2.45) is 0 Å². The summed E-state index contributed by atoms with van der Waals surface area (Å²) in [7, 11) is 2.83.